The first-order valence-electron chi connectivity index (χ1n) is 10.0. The number of thioether (sulfide) groups is 1. The van der Waals surface area contributed by atoms with Crippen LogP contribution < -0.4 is 5.32 Å². The molecular weight excluding hydrogens is 459 g/mol. The van der Waals surface area contributed by atoms with E-state index in [-0.39, 0.29) is 24.0 Å². The number of rotatable bonds is 7. The van der Waals surface area contributed by atoms with Crippen LogP contribution in [0.3, 0.4) is 0 Å². The smallest absolute Gasteiger partial charge is 0.222 e. The Bertz CT molecular complexity index is 461. The van der Waals surface area contributed by atoms with Crippen molar-refractivity contribution < 1.29 is 4.79 Å². The standard InChI is InChI=1S/C19H36N4OS.HI/c1-5-16(23-11-7-8-18(23)24)9-10-21-19(20-6-2)22-12-13-25-17(14-22)15(3)4;/h15-17H,5-14H2,1-4H3,(H,20,21);1H. The van der Waals surface area contributed by atoms with Gasteiger partial charge in [-0.1, -0.05) is 20.8 Å². The summed E-state index contributed by atoms with van der Waals surface area (Å²) in [6.07, 6.45) is 3.73. The molecule has 26 heavy (non-hydrogen) atoms. The molecule has 1 amide bonds. The number of likely N-dealkylation sites (tertiary alicyclic amines) is 1. The largest absolute Gasteiger partial charge is 0.357 e. The highest BCUT2D eigenvalue weighted by Crippen LogP contribution is 2.25. The van der Waals surface area contributed by atoms with Gasteiger partial charge in [-0.3, -0.25) is 9.79 Å². The number of amides is 1. The van der Waals surface area contributed by atoms with Gasteiger partial charge >= 0.3 is 0 Å². The third-order valence-electron chi connectivity index (χ3n) is 5.22. The predicted octanol–water partition coefficient (Wildman–Crippen LogP) is 3.43. The second-order valence-corrected chi connectivity index (χ2v) is 8.72. The lowest BCUT2D eigenvalue weighted by Crippen LogP contribution is -2.49. The zero-order chi connectivity index (χ0) is 18.2. The topological polar surface area (TPSA) is 47.9 Å². The molecule has 2 heterocycles. The molecule has 1 N–H and O–H groups in total. The van der Waals surface area contributed by atoms with Crippen molar-refractivity contribution in [3.05, 3.63) is 0 Å². The van der Waals surface area contributed by atoms with Gasteiger partial charge in [-0.05, 0) is 32.1 Å². The molecule has 0 radical (unpaired) electrons. The van der Waals surface area contributed by atoms with Gasteiger partial charge in [0, 0.05) is 56.2 Å². The molecule has 2 rings (SSSR count). The SMILES string of the molecule is CCNC(=NCCC(CC)N1CCCC1=O)N1CCSC(C(C)C)C1.I. The number of carbonyl (C=O) groups is 1. The molecule has 2 saturated heterocycles. The molecule has 0 bridgehead atoms. The first kappa shape index (κ1) is 23.9. The first-order valence-corrected chi connectivity index (χ1v) is 11.1. The molecule has 0 spiro atoms. The highest BCUT2D eigenvalue weighted by molar-refractivity contribution is 14.0. The fourth-order valence-corrected chi connectivity index (χ4v) is 4.95. The van der Waals surface area contributed by atoms with E-state index in [0.717, 1.165) is 64.4 Å². The Balaban J connectivity index is 0.00000338. The Morgan fingerprint density at radius 1 is 1.35 bits per heavy atom. The number of nitrogens with zero attached hydrogens (tertiary/aromatic N) is 3. The van der Waals surface area contributed by atoms with Gasteiger partial charge in [0.2, 0.25) is 5.91 Å². The minimum atomic E-state index is 0. The van der Waals surface area contributed by atoms with Crippen LogP contribution >= 0.6 is 35.7 Å². The predicted molar refractivity (Wildman–Crippen MR) is 124 cm³/mol. The van der Waals surface area contributed by atoms with Gasteiger partial charge in [0.05, 0.1) is 0 Å². The number of nitrogens with one attached hydrogen (secondary N) is 1. The molecule has 0 aromatic heterocycles. The van der Waals surface area contributed by atoms with E-state index >= 15 is 0 Å². The first-order chi connectivity index (χ1) is 12.1. The number of guanidine groups is 1. The van der Waals surface area contributed by atoms with Crippen LogP contribution in [0.2, 0.25) is 0 Å². The van der Waals surface area contributed by atoms with E-state index in [1.54, 1.807) is 0 Å². The summed E-state index contributed by atoms with van der Waals surface area (Å²) in [6, 6.07) is 0.349. The quantitative estimate of drug-likeness (QED) is 0.333. The zero-order valence-corrected chi connectivity index (χ0v) is 20.0. The van der Waals surface area contributed by atoms with Crippen molar-refractivity contribution in [1.82, 2.24) is 15.1 Å². The summed E-state index contributed by atoms with van der Waals surface area (Å²) >= 11 is 2.09. The highest BCUT2D eigenvalue weighted by Gasteiger charge is 2.27. The minimum absolute atomic E-state index is 0. The Morgan fingerprint density at radius 3 is 2.69 bits per heavy atom. The van der Waals surface area contributed by atoms with Crippen LogP contribution in [0.15, 0.2) is 4.99 Å². The summed E-state index contributed by atoms with van der Waals surface area (Å²) in [4.78, 5) is 21.4. The van der Waals surface area contributed by atoms with E-state index in [0.29, 0.717) is 23.1 Å². The van der Waals surface area contributed by atoms with Crippen molar-refractivity contribution in [1.29, 1.82) is 0 Å². The van der Waals surface area contributed by atoms with Crippen molar-refractivity contribution in [2.45, 2.75) is 64.7 Å². The Morgan fingerprint density at radius 2 is 2.12 bits per heavy atom. The molecule has 7 heteroatoms. The fraction of sp³-hybridized carbons (Fsp3) is 0.895. The van der Waals surface area contributed by atoms with Gasteiger partial charge < -0.3 is 15.1 Å². The minimum Gasteiger partial charge on any atom is -0.357 e. The van der Waals surface area contributed by atoms with Gasteiger partial charge in [0.25, 0.3) is 0 Å². The third-order valence-corrected chi connectivity index (χ3v) is 6.76. The molecule has 0 aliphatic carbocycles. The molecule has 5 nitrogen and oxygen atoms in total. The fourth-order valence-electron chi connectivity index (χ4n) is 3.65. The number of carbonyl (C=O) groups excluding carboxylic acids is 1. The summed E-state index contributed by atoms with van der Waals surface area (Å²) in [7, 11) is 0. The van der Waals surface area contributed by atoms with E-state index < -0.39 is 0 Å². The molecule has 0 saturated carbocycles. The summed E-state index contributed by atoms with van der Waals surface area (Å²) in [5, 5.41) is 4.15. The summed E-state index contributed by atoms with van der Waals surface area (Å²) < 4.78 is 0. The Labute approximate surface area is 181 Å². The summed E-state index contributed by atoms with van der Waals surface area (Å²) in [5.74, 6) is 3.25. The molecule has 2 atom stereocenters. The number of hydrogen-bond donors (Lipinski definition) is 1. The van der Waals surface area contributed by atoms with Gasteiger partial charge in [-0.15, -0.1) is 24.0 Å². The lowest BCUT2D eigenvalue weighted by molar-refractivity contribution is -0.129. The second kappa shape index (κ2) is 12.3. The maximum absolute atomic E-state index is 12.0. The Hall–Kier alpha value is -0.180. The van der Waals surface area contributed by atoms with Crippen molar-refractivity contribution >= 4 is 47.6 Å². The monoisotopic (exact) mass is 496 g/mol. The van der Waals surface area contributed by atoms with Crippen molar-refractivity contribution in [3.8, 4) is 0 Å². The Kier molecular flexibility index (Phi) is 11.3. The molecular formula is C19H37IN4OS. The highest BCUT2D eigenvalue weighted by atomic mass is 127. The van der Waals surface area contributed by atoms with Gasteiger partial charge in [0.15, 0.2) is 5.96 Å². The lowest BCUT2D eigenvalue weighted by atomic mass is 10.1. The van der Waals surface area contributed by atoms with Crippen molar-refractivity contribution in [2.75, 3.05) is 38.5 Å². The lowest BCUT2D eigenvalue weighted by Gasteiger charge is -2.36. The van der Waals surface area contributed by atoms with E-state index in [4.69, 9.17) is 4.99 Å². The second-order valence-electron chi connectivity index (χ2n) is 7.38. The van der Waals surface area contributed by atoms with Crippen molar-refractivity contribution in [3.63, 3.8) is 0 Å². The van der Waals surface area contributed by atoms with E-state index in [1.165, 1.54) is 5.75 Å². The summed E-state index contributed by atoms with van der Waals surface area (Å²) in [5.41, 5.74) is 0. The molecule has 0 aromatic rings. The van der Waals surface area contributed by atoms with E-state index in [9.17, 15) is 4.79 Å². The number of halogens is 1. The van der Waals surface area contributed by atoms with Gasteiger partial charge in [-0.25, -0.2) is 0 Å². The van der Waals surface area contributed by atoms with Crippen molar-refractivity contribution in [2.24, 2.45) is 10.9 Å². The van der Waals surface area contributed by atoms with E-state index in [1.807, 2.05) is 0 Å². The van der Waals surface area contributed by atoms with Crippen LogP contribution in [0.5, 0.6) is 0 Å². The number of hydrogen-bond acceptors (Lipinski definition) is 3. The summed E-state index contributed by atoms with van der Waals surface area (Å²) in [6.45, 7) is 13.7. The van der Waals surface area contributed by atoms with Crippen LogP contribution in [0, 0.1) is 5.92 Å². The number of aliphatic imine (C=N–C) groups is 1. The van der Waals surface area contributed by atoms with Crippen LogP contribution in [0.1, 0.15) is 53.4 Å². The maximum atomic E-state index is 12.0. The molecule has 152 valence electrons. The molecule has 2 aliphatic rings. The maximum Gasteiger partial charge on any atom is 0.222 e. The van der Waals surface area contributed by atoms with Crippen LogP contribution in [-0.4, -0.2) is 71.4 Å². The van der Waals surface area contributed by atoms with Crippen LogP contribution in [-0.2, 0) is 4.79 Å². The zero-order valence-electron chi connectivity index (χ0n) is 16.9. The van der Waals surface area contributed by atoms with Gasteiger partial charge in [-0.2, -0.15) is 11.8 Å². The molecule has 2 unspecified atom stereocenters. The molecule has 2 aliphatic heterocycles. The van der Waals surface area contributed by atoms with Crippen LogP contribution in [0.25, 0.3) is 0 Å². The molecule has 2 fully saturated rings. The third kappa shape index (κ3) is 6.77. The van der Waals surface area contributed by atoms with Crippen LogP contribution in [0.4, 0.5) is 0 Å². The normalized spacial score (nSPS) is 22.6. The van der Waals surface area contributed by atoms with Gasteiger partial charge in [0.1, 0.15) is 0 Å². The average Bonchev–Trinajstić information content (AvgIpc) is 3.03. The molecule has 0 aromatic carbocycles. The van der Waals surface area contributed by atoms with E-state index in [2.05, 4.69) is 54.6 Å². The average molecular weight is 497 g/mol.